The molecule has 0 aliphatic carbocycles. The van der Waals surface area contributed by atoms with Crippen LogP contribution in [0.4, 0.5) is 18.0 Å². The lowest BCUT2D eigenvalue weighted by molar-refractivity contribution is -0.123. The number of hydrogen-bond acceptors (Lipinski definition) is 3. The summed E-state index contributed by atoms with van der Waals surface area (Å²) in [5.74, 6) is 0. The Morgan fingerprint density at radius 1 is 1.29 bits per heavy atom. The van der Waals surface area contributed by atoms with Gasteiger partial charge >= 0.3 is 12.2 Å². The molecule has 118 valence electrons. The maximum atomic E-state index is 12.0. The van der Waals surface area contributed by atoms with Crippen LogP contribution >= 0.6 is 22.9 Å². The number of rotatable bonds is 3. The number of hydrogen-bond donors (Lipinski definition) is 1. The van der Waals surface area contributed by atoms with Crippen molar-refractivity contribution >= 4 is 29.0 Å². The second-order valence-corrected chi connectivity index (χ2v) is 6.54. The predicted octanol–water partition coefficient (Wildman–Crippen LogP) is 2.79. The summed E-state index contributed by atoms with van der Waals surface area (Å²) in [6.07, 6.45) is -4.38. The highest BCUT2D eigenvalue weighted by Crippen LogP contribution is 2.23. The van der Waals surface area contributed by atoms with E-state index in [0.29, 0.717) is 26.2 Å². The molecule has 2 heterocycles. The summed E-state index contributed by atoms with van der Waals surface area (Å²) >= 11 is 7.37. The van der Waals surface area contributed by atoms with Crippen LogP contribution in [0.15, 0.2) is 12.1 Å². The lowest BCUT2D eigenvalue weighted by Crippen LogP contribution is -2.52. The highest BCUT2D eigenvalue weighted by molar-refractivity contribution is 7.16. The van der Waals surface area contributed by atoms with Gasteiger partial charge in [0.15, 0.2) is 0 Å². The quantitative estimate of drug-likeness (QED) is 0.917. The summed E-state index contributed by atoms with van der Waals surface area (Å²) in [6, 6.07) is 3.13. The van der Waals surface area contributed by atoms with Gasteiger partial charge in [-0.1, -0.05) is 11.6 Å². The van der Waals surface area contributed by atoms with Crippen LogP contribution in [-0.4, -0.2) is 54.7 Å². The molecule has 0 atom stereocenters. The lowest BCUT2D eigenvalue weighted by atomic mass is 10.3. The fourth-order valence-electron chi connectivity index (χ4n) is 2.05. The van der Waals surface area contributed by atoms with Crippen molar-refractivity contribution in [2.75, 3.05) is 32.7 Å². The van der Waals surface area contributed by atoms with Gasteiger partial charge in [-0.05, 0) is 12.1 Å². The Hall–Kier alpha value is -0.990. The Morgan fingerprint density at radius 3 is 2.48 bits per heavy atom. The van der Waals surface area contributed by atoms with Crippen LogP contribution in [0.1, 0.15) is 4.88 Å². The van der Waals surface area contributed by atoms with Gasteiger partial charge in [-0.25, -0.2) is 4.79 Å². The molecule has 1 aromatic heterocycles. The van der Waals surface area contributed by atoms with Crippen LogP contribution in [0, 0.1) is 0 Å². The van der Waals surface area contributed by atoms with E-state index in [0.717, 1.165) is 15.8 Å². The third-order valence-electron chi connectivity index (χ3n) is 3.11. The number of carbonyl (C=O) groups excluding carboxylic acids is 1. The molecule has 1 N–H and O–H groups in total. The SMILES string of the molecule is O=C(NCC(F)(F)F)N1CCN(Cc2ccc(Cl)s2)CC1. The maximum Gasteiger partial charge on any atom is 0.405 e. The number of carbonyl (C=O) groups is 1. The van der Waals surface area contributed by atoms with Crippen LogP contribution in [0.3, 0.4) is 0 Å². The molecule has 0 spiro atoms. The van der Waals surface area contributed by atoms with Crippen molar-refractivity contribution in [2.24, 2.45) is 0 Å². The number of alkyl halides is 3. The zero-order valence-electron chi connectivity index (χ0n) is 11.1. The minimum absolute atomic E-state index is 0.419. The molecule has 0 saturated carbocycles. The van der Waals surface area contributed by atoms with Gasteiger partial charge in [-0.2, -0.15) is 13.2 Å². The summed E-state index contributed by atoms with van der Waals surface area (Å²) in [5.41, 5.74) is 0. The molecule has 4 nitrogen and oxygen atoms in total. The molecule has 2 amide bonds. The molecule has 0 aromatic carbocycles. The minimum Gasteiger partial charge on any atom is -0.329 e. The van der Waals surface area contributed by atoms with Gasteiger partial charge in [-0.15, -0.1) is 11.3 Å². The number of thiophene rings is 1. The van der Waals surface area contributed by atoms with Crippen molar-refractivity contribution in [3.63, 3.8) is 0 Å². The van der Waals surface area contributed by atoms with E-state index in [1.165, 1.54) is 16.2 Å². The van der Waals surface area contributed by atoms with Crippen LogP contribution < -0.4 is 5.32 Å². The van der Waals surface area contributed by atoms with E-state index in [1.54, 1.807) is 0 Å². The van der Waals surface area contributed by atoms with Crippen LogP contribution in [0.25, 0.3) is 0 Å². The molecule has 9 heteroatoms. The van der Waals surface area contributed by atoms with E-state index in [4.69, 9.17) is 11.6 Å². The second kappa shape index (κ2) is 6.85. The van der Waals surface area contributed by atoms with E-state index in [9.17, 15) is 18.0 Å². The summed E-state index contributed by atoms with van der Waals surface area (Å²) in [4.78, 5) is 16.3. The number of halogens is 4. The fourth-order valence-corrected chi connectivity index (χ4v) is 3.18. The first-order chi connectivity index (χ1) is 9.83. The van der Waals surface area contributed by atoms with Crippen molar-refractivity contribution in [2.45, 2.75) is 12.7 Å². The molecule has 0 radical (unpaired) electrons. The van der Waals surface area contributed by atoms with Gasteiger partial charge < -0.3 is 10.2 Å². The standard InChI is InChI=1S/C12H15ClF3N3OS/c13-10-2-1-9(21-10)7-18-3-5-19(6-4-18)11(20)17-8-12(14,15)16/h1-2H,3-8H2,(H,17,20). The van der Waals surface area contributed by atoms with Crippen LogP contribution in [0.5, 0.6) is 0 Å². The van der Waals surface area contributed by atoms with E-state index in [1.807, 2.05) is 17.4 Å². The normalized spacial score (nSPS) is 17.0. The number of piperazine rings is 1. The van der Waals surface area contributed by atoms with Gasteiger partial charge in [-0.3, -0.25) is 4.90 Å². The van der Waals surface area contributed by atoms with Gasteiger partial charge in [0.25, 0.3) is 0 Å². The third-order valence-corrected chi connectivity index (χ3v) is 4.32. The van der Waals surface area contributed by atoms with E-state index < -0.39 is 18.8 Å². The monoisotopic (exact) mass is 341 g/mol. The smallest absolute Gasteiger partial charge is 0.329 e. The average molecular weight is 342 g/mol. The number of urea groups is 1. The molecule has 1 aliphatic rings. The minimum atomic E-state index is -4.38. The molecule has 2 rings (SSSR count). The molecule has 0 bridgehead atoms. The molecule has 0 unspecified atom stereocenters. The second-order valence-electron chi connectivity index (χ2n) is 4.74. The Balaban J connectivity index is 1.74. The number of nitrogens with zero attached hydrogens (tertiary/aromatic N) is 2. The Labute approximate surface area is 129 Å². The topological polar surface area (TPSA) is 35.6 Å². The zero-order valence-corrected chi connectivity index (χ0v) is 12.7. The Morgan fingerprint density at radius 2 is 1.95 bits per heavy atom. The predicted molar refractivity (Wildman–Crippen MR) is 75.6 cm³/mol. The summed E-state index contributed by atoms with van der Waals surface area (Å²) in [7, 11) is 0. The van der Waals surface area contributed by atoms with Gasteiger partial charge in [0.05, 0.1) is 4.34 Å². The molecule has 1 aliphatic heterocycles. The first-order valence-corrected chi connectivity index (χ1v) is 7.59. The van der Waals surface area contributed by atoms with Crippen molar-refractivity contribution in [3.05, 3.63) is 21.3 Å². The van der Waals surface area contributed by atoms with Crippen molar-refractivity contribution in [1.82, 2.24) is 15.1 Å². The first kappa shape index (κ1) is 16.4. The molecular formula is C12H15ClF3N3OS. The number of amides is 2. The van der Waals surface area contributed by atoms with Gasteiger partial charge in [0, 0.05) is 37.6 Å². The van der Waals surface area contributed by atoms with E-state index in [-0.39, 0.29) is 0 Å². The van der Waals surface area contributed by atoms with Crippen molar-refractivity contribution in [3.8, 4) is 0 Å². The first-order valence-electron chi connectivity index (χ1n) is 6.39. The van der Waals surface area contributed by atoms with E-state index >= 15 is 0 Å². The average Bonchev–Trinajstić information content (AvgIpc) is 2.81. The summed E-state index contributed by atoms with van der Waals surface area (Å²) < 4.78 is 36.8. The van der Waals surface area contributed by atoms with Crippen LogP contribution in [-0.2, 0) is 6.54 Å². The largest absolute Gasteiger partial charge is 0.405 e. The highest BCUT2D eigenvalue weighted by Gasteiger charge is 2.29. The molecular weight excluding hydrogens is 327 g/mol. The Kier molecular flexibility index (Phi) is 5.34. The summed E-state index contributed by atoms with van der Waals surface area (Å²) in [5, 5.41) is 1.89. The Bertz CT molecular complexity index is 486. The summed E-state index contributed by atoms with van der Waals surface area (Å²) in [6.45, 7) is 1.56. The molecule has 21 heavy (non-hydrogen) atoms. The number of nitrogens with one attached hydrogen (secondary N) is 1. The van der Waals surface area contributed by atoms with Crippen molar-refractivity contribution in [1.29, 1.82) is 0 Å². The molecule has 1 aromatic rings. The van der Waals surface area contributed by atoms with Crippen molar-refractivity contribution < 1.29 is 18.0 Å². The molecule has 1 fully saturated rings. The van der Waals surface area contributed by atoms with Crippen LogP contribution in [0.2, 0.25) is 4.34 Å². The third kappa shape index (κ3) is 5.37. The van der Waals surface area contributed by atoms with Gasteiger partial charge in [0.2, 0.25) is 0 Å². The lowest BCUT2D eigenvalue weighted by Gasteiger charge is -2.34. The molecule has 1 saturated heterocycles. The van der Waals surface area contributed by atoms with E-state index in [2.05, 4.69) is 4.90 Å². The maximum absolute atomic E-state index is 12.0. The van der Waals surface area contributed by atoms with Gasteiger partial charge in [0.1, 0.15) is 6.54 Å². The zero-order chi connectivity index (χ0) is 15.5. The highest BCUT2D eigenvalue weighted by atomic mass is 35.5. The fraction of sp³-hybridized carbons (Fsp3) is 0.583.